The van der Waals surface area contributed by atoms with Crippen molar-refractivity contribution in [2.24, 2.45) is 0 Å². The van der Waals surface area contributed by atoms with Gasteiger partial charge in [-0.05, 0) is 60.3 Å². The van der Waals surface area contributed by atoms with E-state index in [1.165, 1.54) is 0 Å². The van der Waals surface area contributed by atoms with Gasteiger partial charge in [-0.1, -0.05) is 0 Å². The number of hydrogen-bond donors (Lipinski definition) is 0. The highest BCUT2D eigenvalue weighted by Crippen LogP contribution is 2.35. The van der Waals surface area contributed by atoms with E-state index in [2.05, 4.69) is 34.1 Å². The normalized spacial score (nSPS) is 10.8. The number of anilines is 1. The van der Waals surface area contributed by atoms with E-state index in [9.17, 15) is 0 Å². The number of fused-ring (bicyclic) bond motifs is 1. The molecule has 0 atom stereocenters. The summed E-state index contributed by atoms with van der Waals surface area (Å²) in [6.07, 6.45) is 8.42. The maximum atomic E-state index is 5.75. The van der Waals surface area contributed by atoms with E-state index in [4.69, 9.17) is 23.9 Å². The van der Waals surface area contributed by atoms with E-state index in [1.807, 2.05) is 54.7 Å². The third kappa shape index (κ3) is 5.47. The highest BCUT2D eigenvalue weighted by atomic mass is 16.5. The minimum atomic E-state index is 0.499. The minimum absolute atomic E-state index is 0.499. The molecule has 0 spiro atoms. The average molecular weight is 536 g/mol. The Hall–Kier alpha value is -4.85. The first-order chi connectivity index (χ1) is 19.5. The summed E-state index contributed by atoms with van der Waals surface area (Å²) >= 11 is 0. The number of benzene rings is 2. The number of ether oxygens (including phenoxy) is 4. The van der Waals surface area contributed by atoms with Crippen molar-refractivity contribution >= 4 is 16.6 Å². The first-order valence-electron chi connectivity index (χ1n) is 12.8. The Morgan fingerprint density at radius 2 is 1.43 bits per heavy atom. The van der Waals surface area contributed by atoms with Gasteiger partial charge in [0.05, 0.1) is 40.3 Å². The minimum Gasteiger partial charge on any atom is -0.497 e. The molecule has 0 aliphatic heterocycles. The van der Waals surface area contributed by atoms with Crippen molar-refractivity contribution in [2.75, 3.05) is 33.3 Å². The molecule has 0 amide bonds. The number of aryl methyl sites for hydroxylation is 1. The molecule has 0 unspecified atom stereocenters. The van der Waals surface area contributed by atoms with Gasteiger partial charge in [0.1, 0.15) is 28.8 Å². The summed E-state index contributed by atoms with van der Waals surface area (Å²) in [5.74, 6) is 3.66. The lowest BCUT2D eigenvalue weighted by Gasteiger charge is -2.27. The predicted octanol–water partition coefficient (Wildman–Crippen LogP) is 6.04. The topological polar surface area (TPSA) is 78.8 Å². The summed E-state index contributed by atoms with van der Waals surface area (Å²) in [7, 11) is 6.61. The number of aromatic nitrogens is 3. The Kier molecular flexibility index (Phi) is 7.96. The van der Waals surface area contributed by atoms with Crippen molar-refractivity contribution in [3.8, 4) is 34.3 Å². The molecule has 8 nitrogen and oxygen atoms in total. The monoisotopic (exact) mass is 535 g/mol. The van der Waals surface area contributed by atoms with Gasteiger partial charge in [0.15, 0.2) is 0 Å². The van der Waals surface area contributed by atoms with E-state index in [0.29, 0.717) is 13.1 Å². The lowest BCUT2D eigenvalue weighted by molar-refractivity contribution is 0.389. The van der Waals surface area contributed by atoms with Gasteiger partial charge in [0.2, 0.25) is 0 Å². The maximum Gasteiger partial charge on any atom is 0.139 e. The van der Waals surface area contributed by atoms with Crippen molar-refractivity contribution in [1.82, 2.24) is 15.0 Å². The van der Waals surface area contributed by atoms with E-state index in [1.54, 1.807) is 40.8 Å². The lowest BCUT2D eigenvalue weighted by Crippen LogP contribution is -2.24. The van der Waals surface area contributed by atoms with E-state index in [0.717, 1.165) is 67.5 Å². The highest BCUT2D eigenvalue weighted by molar-refractivity contribution is 5.94. The molecule has 0 saturated heterocycles. The van der Waals surface area contributed by atoms with Gasteiger partial charge >= 0.3 is 0 Å². The van der Waals surface area contributed by atoms with Crippen LogP contribution in [0.25, 0.3) is 22.0 Å². The van der Waals surface area contributed by atoms with Crippen LogP contribution >= 0.6 is 0 Å². The van der Waals surface area contributed by atoms with E-state index < -0.39 is 0 Å². The molecule has 8 heteroatoms. The molecular formula is C32H31N4O4. The standard InChI is InChI=1S/C32H31N4O4/c1-21-10-12-33-17-27(21)29-14-22-11-13-34-18-28(22)32(35-29)36(19-23-6-8-25(37-2)15-30(23)39-4)20-24-7-9-26(38-3)16-31(24)40-5/h6-12,14-18H,19-20H2,1-5H3. The number of pyridine rings is 3. The molecule has 0 N–H and O–H groups in total. The van der Waals surface area contributed by atoms with Crippen LogP contribution in [-0.4, -0.2) is 43.4 Å². The summed E-state index contributed by atoms with van der Waals surface area (Å²) in [6.45, 7) is 3.06. The molecule has 3 heterocycles. The van der Waals surface area contributed by atoms with Gasteiger partial charge in [-0.3, -0.25) is 9.97 Å². The fraction of sp³-hybridized carbons (Fsp3) is 0.219. The predicted molar refractivity (Wildman–Crippen MR) is 155 cm³/mol. The molecule has 3 aromatic heterocycles. The van der Waals surface area contributed by atoms with Crippen molar-refractivity contribution < 1.29 is 18.9 Å². The zero-order chi connectivity index (χ0) is 28.1. The number of rotatable bonds is 10. The van der Waals surface area contributed by atoms with Gasteiger partial charge in [-0.15, -0.1) is 0 Å². The van der Waals surface area contributed by atoms with Crippen molar-refractivity contribution in [3.63, 3.8) is 0 Å². The summed E-state index contributed by atoms with van der Waals surface area (Å²) < 4.78 is 22.4. The molecule has 0 fully saturated rings. The van der Waals surface area contributed by atoms with Gasteiger partial charge in [-0.2, -0.15) is 0 Å². The van der Waals surface area contributed by atoms with E-state index >= 15 is 0 Å². The number of nitrogens with zero attached hydrogens (tertiary/aromatic N) is 4. The van der Waals surface area contributed by atoms with E-state index in [-0.39, 0.29) is 0 Å². The Labute approximate surface area is 234 Å². The SMILES string of the molecule is COc1ccc(CN(Cc2ccc(OC)cc2OC)c2nc(-c3cnccc3C)cc3c[c]ncc23)c(OC)c1. The van der Waals surface area contributed by atoms with Crippen LogP contribution in [0.2, 0.25) is 0 Å². The zero-order valence-electron chi connectivity index (χ0n) is 23.3. The number of methoxy groups -OCH3 is 4. The molecule has 5 rings (SSSR count). The largest absolute Gasteiger partial charge is 0.497 e. The molecule has 0 aliphatic carbocycles. The van der Waals surface area contributed by atoms with Crippen LogP contribution in [0.4, 0.5) is 5.82 Å². The zero-order valence-corrected chi connectivity index (χ0v) is 23.3. The van der Waals surface area contributed by atoms with Crippen LogP contribution in [0.15, 0.2) is 73.2 Å². The third-order valence-corrected chi connectivity index (χ3v) is 6.88. The molecule has 1 radical (unpaired) electrons. The second kappa shape index (κ2) is 11.9. The van der Waals surface area contributed by atoms with Crippen molar-refractivity contribution in [2.45, 2.75) is 20.0 Å². The Morgan fingerprint density at radius 3 is 2.00 bits per heavy atom. The second-order valence-electron chi connectivity index (χ2n) is 9.27. The van der Waals surface area contributed by atoms with Crippen LogP contribution in [0.3, 0.4) is 0 Å². The van der Waals surface area contributed by atoms with Crippen LogP contribution in [0, 0.1) is 13.1 Å². The fourth-order valence-corrected chi connectivity index (χ4v) is 4.71. The quantitative estimate of drug-likeness (QED) is 0.214. The lowest BCUT2D eigenvalue weighted by atomic mass is 10.0. The van der Waals surface area contributed by atoms with Crippen molar-refractivity contribution in [1.29, 1.82) is 0 Å². The fourth-order valence-electron chi connectivity index (χ4n) is 4.71. The molecular weight excluding hydrogens is 504 g/mol. The number of hydrogen-bond acceptors (Lipinski definition) is 8. The second-order valence-corrected chi connectivity index (χ2v) is 9.27. The smallest absolute Gasteiger partial charge is 0.139 e. The van der Waals surface area contributed by atoms with Crippen LogP contribution in [-0.2, 0) is 13.1 Å². The Morgan fingerprint density at radius 1 is 0.775 bits per heavy atom. The molecule has 0 bridgehead atoms. The maximum absolute atomic E-state index is 5.75. The molecule has 0 aliphatic rings. The van der Waals surface area contributed by atoms with Crippen LogP contribution in [0.1, 0.15) is 16.7 Å². The molecule has 0 saturated carbocycles. The molecule has 40 heavy (non-hydrogen) atoms. The van der Waals surface area contributed by atoms with Gasteiger partial charge in [-0.25, -0.2) is 4.98 Å². The Balaban J connectivity index is 1.69. The van der Waals surface area contributed by atoms with Crippen LogP contribution < -0.4 is 23.8 Å². The first-order valence-corrected chi connectivity index (χ1v) is 12.8. The first kappa shape index (κ1) is 26.7. The van der Waals surface area contributed by atoms with Crippen LogP contribution in [0.5, 0.6) is 23.0 Å². The van der Waals surface area contributed by atoms with Gasteiger partial charge in [0.25, 0.3) is 0 Å². The summed E-state index contributed by atoms with van der Waals surface area (Å²) in [6, 6.07) is 17.6. The summed E-state index contributed by atoms with van der Waals surface area (Å²) in [4.78, 5) is 16.1. The van der Waals surface area contributed by atoms with Crippen molar-refractivity contribution in [3.05, 3.63) is 96.1 Å². The summed E-state index contributed by atoms with van der Waals surface area (Å²) in [5, 5.41) is 1.88. The summed E-state index contributed by atoms with van der Waals surface area (Å²) in [5.41, 5.74) is 4.83. The Bertz CT molecular complexity index is 1580. The third-order valence-electron chi connectivity index (χ3n) is 6.88. The average Bonchev–Trinajstić information content (AvgIpc) is 3.00. The molecule has 5 aromatic rings. The highest BCUT2D eigenvalue weighted by Gasteiger charge is 2.20. The van der Waals surface area contributed by atoms with Gasteiger partial charge < -0.3 is 23.8 Å². The molecule has 203 valence electrons. The molecule has 2 aromatic carbocycles. The van der Waals surface area contributed by atoms with Gasteiger partial charge in [0, 0.05) is 65.9 Å².